The standard InChI is InChI=1S/C13H20N4O2/c1-4-19-11-7-9(2)14-13(16-11)15-10-5-6-12(18)17(3)8-10/h7,10H,4-6,8H2,1-3H3,(H,14,15,16). The fourth-order valence-electron chi connectivity index (χ4n) is 2.14. The second kappa shape index (κ2) is 5.86. The lowest BCUT2D eigenvalue weighted by Gasteiger charge is -2.30. The number of piperidine rings is 1. The van der Waals surface area contributed by atoms with Crippen LogP contribution in [0.4, 0.5) is 5.95 Å². The van der Waals surface area contributed by atoms with Gasteiger partial charge >= 0.3 is 0 Å². The molecule has 1 N–H and O–H groups in total. The molecule has 19 heavy (non-hydrogen) atoms. The summed E-state index contributed by atoms with van der Waals surface area (Å²) in [7, 11) is 1.82. The average molecular weight is 264 g/mol. The molecule has 104 valence electrons. The van der Waals surface area contributed by atoms with E-state index in [2.05, 4.69) is 15.3 Å². The fourth-order valence-corrected chi connectivity index (χ4v) is 2.14. The Hall–Kier alpha value is -1.85. The van der Waals surface area contributed by atoms with Gasteiger partial charge in [0.1, 0.15) is 0 Å². The van der Waals surface area contributed by atoms with Crippen LogP contribution in [-0.2, 0) is 4.79 Å². The van der Waals surface area contributed by atoms with Gasteiger partial charge in [-0.3, -0.25) is 4.79 Å². The molecule has 0 aliphatic carbocycles. The number of nitrogens with zero attached hydrogens (tertiary/aromatic N) is 3. The molecule has 1 fully saturated rings. The number of likely N-dealkylation sites (tertiary alicyclic amines) is 1. The van der Waals surface area contributed by atoms with Gasteiger partial charge in [-0.05, 0) is 20.3 Å². The molecule has 1 aliphatic rings. The van der Waals surface area contributed by atoms with Gasteiger partial charge in [0.15, 0.2) is 0 Å². The maximum Gasteiger partial charge on any atom is 0.226 e. The number of aromatic nitrogens is 2. The van der Waals surface area contributed by atoms with Gasteiger partial charge < -0.3 is 15.0 Å². The molecule has 2 rings (SSSR count). The van der Waals surface area contributed by atoms with Gasteiger partial charge in [0.25, 0.3) is 0 Å². The maximum atomic E-state index is 11.4. The third-order valence-corrected chi connectivity index (χ3v) is 3.08. The topological polar surface area (TPSA) is 67.3 Å². The monoisotopic (exact) mass is 264 g/mol. The van der Waals surface area contributed by atoms with Gasteiger partial charge in [-0.25, -0.2) is 4.98 Å². The average Bonchev–Trinajstić information content (AvgIpc) is 2.33. The summed E-state index contributed by atoms with van der Waals surface area (Å²) in [5.74, 6) is 1.34. The molecule has 1 aromatic heterocycles. The van der Waals surface area contributed by atoms with E-state index in [-0.39, 0.29) is 11.9 Å². The van der Waals surface area contributed by atoms with E-state index in [0.717, 1.165) is 12.1 Å². The highest BCUT2D eigenvalue weighted by atomic mass is 16.5. The van der Waals surface area contributed by atoms with Crippen molar-refractivity contribution in [3.8, 4) is 5.88 Å². The molecule has 6 nitrogen and oxygen atoms in total. The molecule has 1 aromatic rings. The highest BCUT2D eigenvalue weighted by Crippen LogP contribution is 2.16. The van der Waals surface area contributed by atoms with Gasteiger partial charge in [0.05, 0.1) is 6.61 Å². The van der Waals surface area contributed by atoms with E-state index in [1.54, 1.807) is 4.90 Å². The number of ether oxygens (including phenoxy) is 1. The zero-order valence-corrected chi connectivity index (χ0v) is 11.6. The van der Waals surface area contributed by atoms with Gasteiger partial charge in [0.2, 0.25) is 17.7 Å². The Morgan fingerprint density at radius 3 is 3.00 bits per heavy atom. The van der Waals surface area contributed by atoms with E-state index in [4.69, 9.17) is 4.74 Å². The van der Waals surface area contributed by atoms with Crippen molar-refractivity contribution in [1.29, 1.82) is 0 Å². The van der Waals surface area contributed by atoms with E-state index in [1.165, 1.54) is 0 Å². The first-order valence-electron chi connectivity index (χ1n) is 6.57. The molecule has 1 unspecified atom stereocenters. The van der Waals surface area contributed by atoms with Crippen molar-refractivity contribution in [3.05, 3.63) is 11.8 Å². The summed E-state index contributed by atoms with van der Waals surface area (Å²) in [4.78, 5) is 21.8. The van der Waals surface area contributed by atoms with Crippen molar-refractivity contribution in [2.24, 2.45) is 0 Å². The van der Waals surface area contributed by atoms with E-state index in [0.29, 0.717) is 31.4 Å². The van der Waals surface area contributed by atoms with Crippen LogP contribution in [0.1, 0.15) is 25.5 Å². The Morgan fingerprint density at radius 1 is 1.53 bits per heavy atom. The van der Waals surface area contributed by atoms with Gasteiger partial charge in [-0.1, -0.05) is 0 Å². The molecule has 1 atom stereocenters. The quantitative estimate of drug-likeness (QED) is 0.885. The van der Waals surface area contributed by atoms with Crippen molar-refractivity contribution in [1.82, 2.24) is 14.9 Å². The number of carbonyl (C=O) groups excluding carboxylic acids is 1. The number of anilines is 1. The summed E-state index contributed by atoms with van der Waals surface area (Å²) in [5, 5.41) is 3.28. The minimum Gasteiger partial charge on any atom is -0.478 e. The SMILES string of the molecule is CCOc1cc(C)nc(NC2CCC(=O)N(C)C2)n1. The highest BCUT2D eigenvalue weighted by molar-refractivity contribution is 5.76. The van der Waals surface area contributed by atoms with Crippen LogP contribution in [-0.4, -0.2) is 47.0 Å². The summed E-state index contributed by atoms with van der Waals surface area (Å²) in [6, 6.07) is 2.00. The second-order valence-electron chi connectivity index (χ2n) is 4.76. The summed E-state index contributed by atoms with van der Waals surface area (Å²) in [6.07, 6.45) is 1.38. The predicted octanol–water partition coefficient (Wildman–Crippen LogP) is 1.22. The molecular weight excluding hydrogens is 244 g/mol. The van der Waals surface area contributed by atoms with Crippen LogP contribution in [0.3, 0.4) is 0 Å². The molecule has 6 heteroatoms. The molecule has 0 radical (unpaired) electrons. The van der Waals surface area contributed by atoms with Crippen molar-refractivity contribution >= 4 is 11.9 Å². The number of nitrogens with one attached hydrogen (secondary N) is 1. The first kappa shape index (κ1) is 13.6. The minimum absolute atomic E-state index is 0.193. The van der Waals surface area contributed by atoms with E-state index in [9.17, 15) is 4.79 Å². The zero-order valence-electron chi connectivity index (χ0n) is 11.6. The van der Waals surface area contributed by atoms with Crippen molar-refractivity contribution in [2.45, 2.75) is 32.7 Å². The van der Waals surface area contributed by atoms with Crippen LogP contribution in [0.2, 0.25) is 0 Å². The van der Waals surface area contributed by atoms with Crippen LogP contribution >= 0.6 is 0 Å². The maximum absolute atomic E-state index is 11.4. The number of hydrogen-bond donors (Lipinski definition) is 1. The lowest BCUT2D eigenvalue weighted by atomic mass is 10.1. The van der Waals surface area contributed by atoms with Crippen LogP contribution in [0.5, 0.6) is 5.88 Å². The lowest BCUT2D eigenvalue weighted by Crippen LogP contribution is -2.43. The Labute approximate surface area is 113 Å². The molecule has 0 spiro atoms. The number of amides is 1. The number of hydrogen-bond acceptors (Lipinski definition) is 5. The lowest BCUT2D eigenvalue weighted by molar-refractivity contribution is -0.132. The van der Waals surface area contributed by atoms with E-state index in [1.807, 2.05) is 27.0 Å². The Balaban J connectivity index is 2.04. The Kier molecular flexibility index (Phi) is 4.19. The molecule has 0 aromatic carbocycles. The number of carbonyl (C=O) groups is 1. The van der Waals surface area contributed by atoms with Crippen LogP contribution < -0.4 is 10.1 Å². The van der Waals surface area contributed by atoms with Crippen LogP contribution in [0, 0.1) is 6.92 Å². The summed E-state index contributed by atoms with van der Waals surface area (Å²) >= 11 is 0. The summed E-state index contributed by atoms with van der Waals surface area (Å²) < 4.78 is 5.40. The minimum atomic E-state index is 0.193. The van der Waals surface area contributed by atoms with Gasteiger partial charge in [0, 0.05) is 37.8 Å². The first-order chi connectivity index (χ1) is 9.08. The van der Waals surface area contributed by atoms with Crippen molar-refractivity contribution in [2.75, 3.05) is 25.5 Å². The molecule has 1 amide bonds. The number of likely N-dealkylation sites (N-methyl/N-ethyl adjacent to an activating group) is 1. The van der Waals surface area contributed by atoms with Gasteiger partial charge in [-0.15, -0.1) is 0 Å². The highest BCUT2D eigenvalue weighted by Gasteiger charge is 2.23. The van der Waals surface area contributed by atoms with Crippen molar-refractivity contribution < 1.29 is 9.53 Å². The molecule has 1 saturated heterocycles. The first-order valence-corrected chi connectivity index (χ1v) is 6.57. The number of rotatable bonds is 4. The van der Waals surface area contributed by atoms with Gasteiger partial charge in [-0.2, -0.15) is 4.98 Å². The summed E-state index contributed by atoms with van der Waals surface area (Å²) in [6.45, 7) is 5.09. The van der Waals surface area contributed by atoms with E-state index >= 15 is 0 Å². The molecule has 0 saturated carbocycles. The Bertz CT molecular complexity index is 464. The smallest absolute Gasteiger partial charge is 0.226 e. The van der Waals surface area contributed by atoms with Crippen LogP contribution in [0.15, 0.2) is 6.07 Å². The van der Waals surface area contributed by atoms with Crippen molar-refractivity contribution in [3.63, 3.8) is 0 Å². The summed E-state index contributed by atoms with van der Waals surface area (Å²) in [5.41, 5.74) is 0.862. The molecular formula is C13H20N4O2. The Morgan fingerprint density at radius 2 is 2.32 bits per heavy atom. The fraction of sp³-hybridized carbons (Fsp3) is 0.615. The predicted molar refractivity (Wildman–Crippen MR) is 72.2 cm³/mol. The second-order valence-corrected chi connectivity index (χ2v) is 4.76. The number of aryl methyl sites for hydroxylation is 1. The molecule has 0 bridgehead atoms. The zero-order chi connectivity index (χ0) is 13.8. The molecule has 1 aliphatic heterocycles. The third kappa shape index (κ3) is 3.56. The third-order valence-electron chi connectivity index (χ3n) is 3.08. The normalized spacial score (nSPS) is 19.4. The largest absolute Gasteiger partial charge is 0.478 e. The van der Waals surface area contributed by atoms with E-state index < -0.39 is 0 Å². The molecule has 2 heterocycles. The van der Waals surface area contributed by atoms with Crippen LogP contribution in [0.25, 0.3) is 0 Å².